The highest BCUT2D eigenvalue weighted by molar-refractivity contribution is 7.74. The van der Waals surface area contributed by atoms with Crippen LogP contribution in [0.1, 0.15) is 39.0 Å². The number of carbonyl (C=O) groups is 1. The third kappa shape index (κ3) is 11.7. The molecule has 7 heteroatoms. The van der Waals surface area contributed by atoms with E-state index < -0.39 is 17.3 Å². The van der Waals surface area contributed by atoms with Gasteiger partial charge in [-0.3, -0.25) is 4.79 Å². The Hall–Kier alpha value is -0.760. The maximum Gasteiger partial charge on any atom is 0.244 e. The molecule has 2 unspecified atom stereocenters. The molecule has 0 bridgehead atoms. The van der Waals surface area contributed by atoms with Crippen LogP contribution in [0.3, 0.4) is 0 Å². The van der Waals surface area contributed by atoms with E-state index in [1.54, 1.807) is 11.6 Å². The Morgan fingerprint density at radius 3 is 2.78 bits per heavy atom. The van der Waals surface area contributed by atoms with E-state index in [0.29, 0.717) is 6.42 Å². The molecule has 18 heavy (non-hydrogen) atoms. The van der Waals surface area contributed by atoms with Crippen molar-refractivity contribution in [2.45, 2.75) is 45.1 Å². The summed E-state index contributed by atoms with van der Waals surface area (Å²) in [5.74, 6) is -0.492. The van der Waals surface area contributed by atoms with Crippen molar-refractivity contribution in [3.05, 3.63) is 12.7 Å². The van der Waals surface area contributed by atoms with Gasteiger partial charge in [-0.15, -0.1) is 6.58 Å². The second-order valence-electron chi connectivity index (χ2n) is 3.99. The molecule has 1 rings (SSSR count). The Balaban J connectivity index is 0.000000351. The van der Waals surface area contributed by atoms with Gasteiger partial charge in [-0.2, -0.15) is 4.28 Å². The van der Waals surface area contributed by atoms with Gasteiger partial charge in [0.25, 0.3) is 0 Å². The summed E-state index contributed by atoms with van der Waals surface area (Å²) in [5.41, 5.74) is 1.72. The Labute approximate surface area is 111 Å². The van der Waals surface area contributed by atoms with Crippen molar-refractivity contribution in [3.8, 4) is 0 Å². The molecule has 0 aromatic rings. The van der Waals surface area contributed by atoms with Crippen LogP contribution >= 0.6 is 0 Å². The lowest BCUT2D eigenvalue weighted by Gasteiger charge is -2.18. The molecule has 1 heterocycles. The topological polar surface area (TPSA) is 90.5 Å². The lowest BCUT2D eigenvalue weighted by atomic mass is 10.1. The molecular formula is C11H21N2O4S-. The smallest absolute Gasteiger partial charge is 0.244 e. The van der Waals surface area contributed by atoms with Gasteiger partial charge in [0, 0.05) is 12.5 Å². The van der Waals surface area contributed by atoms with Gasteiger partial charge in [0.1, 0.15) is 11.4 Å². The van der Waals surface area contributed by atoms with Crippen molar-refractivity contribution in [1.82, 2.24) is 10.8 Å². The predicted molar refractivity (Wildman–Crippen MR) is 68.9 cm³/mol. The van der Waals surface area contributed by atoms with Crippen LogP contribution in [-0.2, 0) is 20.4 Å². The van der Waals surface area contributed by atoms with Crippen molar-refractivity contribution in [1.29, 1.82) is 0 Å². The monoisotopic (exact) mass is 277 g/mol. The molecule has 6 nitrogen and oxygen atoms in total. The van der Waals surface area contributed by atoms with E-state index in [0.717, 1.165) is 6.04 Å². The van der Waals surface area contributed by atoms with Crippen LogP contribution in [0.15, 0.2) is 12.7 Å². The van der Waals surface area contributed by atoms with E-state index in [9.17, 15) is 13.6 Å². The molecule has 0 aromatic heterocycles. The minimum Gasteiger partial charge on any atom is -0.748 e. The lowest BCUT2D eigenvalue weighted by Crippen LogP contribution is -2.30. The summed E-state index contributed by atoms with van der Waals surface area (Å²) in [5, 5.41) is 3.38. The highest BCUT2D eigenvalue weighted by Gasteiger charge is 2.04. The molecular weight excluding hydrogens is 256 g/mol. The lowest BCUT2D eigenvalue weighted by molar-refractivity contribution is -0.127. The van der Waals surface area contributed by atoms with Crippen molar-refractivity contribution >= 4 is 17.3 Å². The average Bonchev–Trinajstić information content (AvgIpc) is 2.35. The summed E-state index contributed by atoms with van der Waals surface area (Å²) in [7, 11) is 0. The third-order valence-corrected chi connectivity index (χ3v) is 2.58. The first-order valence-corrected chi connectivity index (χ1v) is 6.96. The molecule has 2 atom stereocenters. The summed E-state index contributed by atoms with van der Waals surface area (Å²) >= 11 is -2.70. The first kappa shape index (κ1) is 17.2. The number of amides is 1. The van der Waals surface area contributed by atoms with E-state index in [4.69, 9.17) is 0 Å². The van der Waals surface area contributed by atoms with E-state index in [-0.39, 0.29) is 6.42 Å². The summed E-state index contributed by atoms with van der Waals surface area (Å²) in [6.45, 7) is 6.87. The molecule has 0 radical (unpaired) electrons. The SMILES string of the molecule is C=CCCC(=O)NOS(=O)[O-].CC1CCCCN1. The van der Waals surface area contributed by atoms with Gasteiger partial charge in [-0.25, -0.2) is 9.69 Å². The Bertz CT molecular complexity index is 268. The molecule has 1 aliphatic heterocycles. The predicted octanol–water partition coefficient (Wildman–Crippen LogP) is 0.943. The van der Waals surface area contributed by atoms with Crippen LogP contribution in [0.5, 0.6) is 0 Å². The Kier molecular flexibility index (Phi) is 10.9. The molecule has 0 aromatic carbocycles. The van der Waals surface area contributed by atoms with Crippen molar-refractivity contribution in [2.24, 2.45) is 0 Å². The maximum absolute atomic E-state index is 10.5. The van der Waals surface area contributed by atoms with E-state index in [2.05, 4.69) is 23.1 Å². The van der Waals surface area contributed by atoms with Crippen LogP contribution in [0.4, 0.5) is 0 Å². The number of rotatable bonds is 5. The van der Waals surface area contributed by atoms with Gasteiger partial charge in [0.2, 0.25) is 5.91 Å². The first-order chi connectivity index (χ1) is 8.56. The minimum atomic E-state index is -2.70. The zero-order valence-corrected chi connectivity index (χ0v) is 11.5. The van der Waals surface area contributed by atoms with Gasteiger partial charge in [-0.05, 0) is 32.7 Å². The van der Waals surface area contributed by atoms with Crippen molar-refractivity contribution in [2.75, 3.05) is 6.54 Å². The van der Waals surface area contributed by atoms with Crippen molar-refractivity contribution in [3.63, 3.8) is 0 Å². The number of carbonyl (C=O) groups excluding carboxylic acids is 1. The molecule has 0 saturated carbocycles. The third-order valence-electron chi connectivity index (χ3n) is 2.36. The zero-order chi connectivity index (χ0) is 13.8. The number of piperidine rings is 1. The van der Waals surface area contributed by atoms with Crippen LogP contribution < -0.4 is 10.8 Å². The van der Waals surface area contributed by atoms with Crippen molar-refractivity contribution < 1.29 is 17.8 Å². The summed E-state index contributed by atoms with van der Waals surface area (Å²) in [6.07, 6.45) is 6.38. The van der Waals surface area contributed by atoms with Crippen LogP contribution in [0.2, 0.25) is 0 Å². The molecule has 2 N–H and O–H groups in total. The van der Waals surface area contributed by atoms with Gasteiger partial charge in [-0.1, -0.05) is 12.5 Å². The molecule has 1 aliphatic rings. The fraction of sp³-hybridized carbons (Fsp3) is 0.727. The van der Waals surface area contributed by atoms with E-state index in [1.807, 2.05) is 0 Å². The molecule has 106 valence electrons. The number of allylic oxidation sites excluding steroid dienone is 1. The Morgan fingerprint density at radius 2 is 2.39 bits per heavy atom. The summed E-state index contributed by atoms with van der Waals surface area (Å²) < 4.78 is 23.2. The van der Waals surface area contributed by atoms with Gasteiger partial charge < -0.3 is 9.87 Å². The fourth-order valence-electron chi connectivity index (χ4n) is 1.39. The molecule has 0 spiro atoms. The normalized spacial score (nSPS) is 20.2. The summed E-state index contributed by atoms with van der Waals surface area (Å²) in [4.78, 5) is 10.5. The highest BCUT2D eigenvalue weighted by atomic mass is 32.2. The van der Waals surface area contributed by atoms with Gasteiger partial charge in [0.05, 0.1) is 0 Å². The largest absolute Gasteiger partial charge is 0.748 e. The second-order valence-corrected chi connectivity index (χ2v) is 4.57. The highest BCUT2D eigenvalue weighted by Crippen LogP contribution is 2.04. The van der Waals surface area contributed by atoms with Crippen LogP contribution in [-0.4, -0.2) is 27.3 Å². The molecule has 1 saturated heterocycles. The molecule has 1 amide bonds. The molecule has 1 fully saturated rings. The Morgan fingerprint density at radius 1 is 1.67 bits per heavy atom. The van der Waals surface area contributed by atoms with E-state index >= 15 is 0 Å². The fourth-order valence-corrected chi connectivity index (χ4v) is 1.55. The molecule has 0 aliphatic carbocycles. The number of nitrogens with one attached hydrogen (secondary N) is 2. The van der Waals surface area contributed by atoms with Gasteiger partial charge in [0.15, 0.2) is 0 Å². The van der Waals surface area contributed by atoms with Crippen LogP contribution in [0.25, 0.3) is 0 Å². The summed E-state index contributed by atoms with van der Waals surface area (Å²) in [6, 6.07) is 0.786. The quantitative estimate of drug-likeness (QED) is 0.443. The number of hydrogen-bond donors (Lipinski definition) is 2. The number of hydrogen-bond acceptors (Lipinski definition) is 5. The number of hydroxylamine groups is 1. The van der Waals surface area contributed by atoms with Gasteiger partial charge >= 0.3 is 0 Å². The standard InChI is InChI=1S/C6H13N.C5H9NO4S/c1-6-4-2-3-5-7-6;1-2-3-4-5(7)6-10-11(8)9/h6-7H,2-5H2,1H3;2H,1,3-4H2,(H,6,7)(H,8,9)/p-1. The average molecular weight is 277 g/mol. The van der Waals surface area contributed by atoms with E-state index in [1.165, 1.54) is 25.8 Å². The zero-order valence-electron chi connectivity index (χ0n) is 10.6. The van der Waals surface area contributed by atoms with Crippen LogP contribution in [0, 0.1) is 0 Å². The maximum atomic E-state index is 10.5. The second kappa shape index (κ2) is 11.3. The first-order valence-electron chi connectivity index (χ1n) is 5.96. The minimum absolute atomic E-state index is 0.167.